The topological polar surface area (TPSA) is 81.8 Å². The van der Waals surface area contributed by atoms with Crippen molar-refractivity contribution in [3.8, 4) is 0 Å². The molecule has 2 aliphatic heterocycles. The SMILES string of the molecule is CNCC1CCN(C(=O)CN2C(=O)NC3(CCCCC3)C2=O)C1. The van der Waals surface area contributed by atoms with Crippen LogP contribution in [0.4, 0.5) is 4.79 Å². The van der Waals surface area contributed by atoms with Gasteiger partial charge in [-0.05, 0) is 38.8 Å². The van der Waals surface area contributed by atoms with E-state index >= 15 is 0 Å². The van der Waals surface area contributed by atoms with Gasteiger partial charge in [0.2, 0.25) is 5.91 Å². The van der Waals surface area contributed by atoms with Gasteiger partial charge in [0.25, 0.3) is 5.91 Å². The molecule has 0 bridgehead atoms. The molecule has 2 heterocycles. The van der Waals surface area contributed by atoms with Crippen molar-refractivity contribution >= 4 is 17.8 Å². The fraction of sp³-hybridized carbons (Fsp3) is 0.812. The van der Waals surface area contributed by atoms with Crippen LogP contribution in [0.2, 0.25) is 0 Å². The lowest BCUT2D eigenvalue weighted by Gasteiger charge is -2.30. The number of hydrogen-bond acceptors (Lipinski definition) is 4. The third-order valence-corrected chi connectivity index (χ3v) is 5.38. The minimum absolute atomic E-state index is 0.125. The van der Waals surface area contributed by atoms with Crippen molar-refractivity contribution in [2.24, 2.45) is 5.92 Å². The Balaban J connectivity index is 1.60. The normalized spacial score (nSPS) is 26.9. The number of nitrogens with zero attached hydrogens (tertiary/aromatic N) is 2. The van der Waals surface area contributed by atoms with Crippen LogP contribution in [-0.4, -0.2) is 66.4 Å². The van der Waals surface area contributed by atoms with E-state index in [9.17, 15) is 14.4 Å². The molecule has 3 rings (SSSR count). The van der Waals surface area contributed by atoms with Gasteiger partial charge < -0.3 is 15.5 Å². The monoisotopic (exact) mass is 322 g/mol. The van der Waals surface area contributed by atoms with Crippen molar-refractivity contribution in [3.05, 3.63) is 0 Å². The van der Waals surface area contributed by atoms with Crippen LogP contribution in [0.15, 0.2) is 0 Å². The van der Waals surface area contributed by atoms with Crippen molar-refractivity contribution in [1.82, 2.24) is 20.4 Å². The second-order valence-corrected chi connectivity index (χ2v) is 7.02. The molecule has 23 heavy (non-hydrogen) atoms. The molecule has 0 aromatic carbocycles. The molecule has 3 fully saturated rings. The van der Waals surface area contributed by atoms with Gasteiger partial charge in [0.15, 0.2) is 0 Å². The maximum absolute atomic E-state index is 12.7. The summed E-state index contributed by atoms with van der Waals surface area (Å²) in [6.45, 7) is 2.17. The zero-order chi connectivity index (χ0) is 16.4. The first kappa shape index (κ1) is 16.2. The van der Waals surface area contributed by atoms with Gasteiger partial charge >= 0.3 is 6.03 Å². The van der Waals surface area contributed by atoms with Gasteiger partial charge in [-0.25, -0.2) is 4.79 Å². The van der Waals surface area contributed by atoms with E-state index in [1.54, 1.807) is 4.90 Å². The van der Waals surface area contributed by atoms with E-state index in [1.807, 2.05) is 7.05 Å². The maximum atomic E-state index is 12.7. The van der Waals surface area contributed by atoms with Gasteiger partial charge in [-0.3, -0.25) is 14.5 Å². The van der Waals surface area contributed by atoms with E-state index in [4.69, 9.17) is 0 Å². The lowest BCUT2D eigenvalue weighted by molar-refractivity contribution is -0.139. The Kier molecular flexibility index (Phi) is 4.57. The van der Waals surface area contributed by atoms with Crippen LogP contribution in [-0.2, 0) is 9.59 Å². The molecule has 1 unspecified atom stereocenters. The van der Waals surface area contributed by atoms with Crippen LogP contribution in [0, 0.1) is 5.92 Å². The van der Waals surface area contributed by atoms with Crippen molar-refractivity contribution in [2.75, 3.05) is 33.2 Å². The second kappa shape index (κ2) is 6.47. The molecule has 1 atom stereocenters. The molecule has 1 spiro atoms. The zero-order valence-corrected chi connectivity index (χ0v) is 13.8. The van der Waals surface area contributed by atoms with E-state index in [-0.39, 0.29) is 18.4 Å². The van der Waals surface area contributed by atoms with Crippen LogP contribution >= 0.6 is 0 Å². The number of carbonyl (C=O) groups is 3. The van der Waals surface area contributed by atoms with Gasteiger partial charge in [-0.1, -0.05) is 19.3 Å². The standard InChI is InChI=1S/C16H26N4O3/c1-17-9-12-5-8-19(10-12)13(21)11-20-14(22)16(18-15(20)23)6-3-2-4-7-16/h12,17H,2-11H2,1H3,(H,18,23). The van der Waals surface area contributed by atoms with Gasteiger partial charge in [0.1, 0.15) is 12.1 Å². The van der Waals surface area contributed by atoms with E-state index in [0.29, 0.717) is 31.8 Å². The highest BCUT2D eigenvalue weighted by Gasteiger charge is 2.51. The first-order chi connectivity index (χ1) is 11.1. The molecule has 4 amide bonds. The minimum Gasteiger partial charge on any atom is -0.341 e. The maximum Gasteiger partial charge on any atom is 0.325 e. The number of imide groups is 1. The van der Waals surface area contributed by atoms with Crippen molar-refractivity contribution in [3.63, 3.8) is 0 Å². The Hall–Kier alpha value is -1.63. The lowest BCUT2D eigenvalue weighted by Crippen LogP contribution is -2.49. The summed E-state index contributed by atoms with van der Waals surface area (Å²) < 4.78 is 0. The van der Waals surface area contributed by atoms with Crippen LogP contribution in [0.25, 0.3) is 0 Å². The van der Waals surface area contributed by atoms with E-state index in [0.717, 1.165) is 37.1 Å². The average Bonchev–Trinajstić information content (AvgIpc) is 3.08. The third-order valence-electron chi connectivity index (χ3n) is 5.38. The lowest BCUT2D eigenvalue weighted by atomic mass is 9.82. The average molecular weight is 322 g/mol. The summed E-state index contributed by atoms with van der Waals surface area (Å²) in [7, 11) is 1.90. The highest BCUT2D eigenvalue weighted by Crippen LogP contribution is 2.33. The van der Waals surface area contributed by atoms with Crippen LogP contribution in [0.3, 0.4) is 0 Å². The number of nitrogens with one attached hydrogen (secondary N) is 2. The molecule has 2 saturated heterocycles. The number of hydrogen-bond donors (Lipinski definition) is 2. The number of urea groups is 1. The Bertz CT molecular complexity index is 502. The summed E-state index contributed by atoms with van der Waals surface area (Å²) in [5.41, 5.74) is -0.741. The van der Waals surface area contributed by atoms with Gasteiger partial charge in [-0.2, -0.15) is 0 Å². The van der Waals surface area contributed by atoms with Crippen molar-refractivity contribution in [2.45, 2.75) is 44.1 Å². The van der Waals surface area contributed by atoms with Crippen LogP contribution < -0.4 is 10.6 Å². The summed E-state index contributed by atoms with van der Waals surface area (Å²) >= 11 is 0. The first-order valence-corrected chi connectivity index (χ1v) is 8.62. The molecule has 2 N–H and O–H groups in total. The molecule has 0 aromatic rings. The molecule has 7 heteroatoms. The molecule has 128 valence electrons. The quantitative estimate of drug-likeness (QED) is 0.730. The summed E-state index contributed by atoms with van der Waals surface area (Å²) in [5.74, 6) is 0.123. The minimum atomic E-state index is -0.741. The predicted molar refractivity (Wildman–Crippen MR) is 84.7 cm³/mol. The Morgan fingerprint density at radius 2 is 2.04 bits per heavy atom. The number of carbonyl (C=O) groups excluding carboxylic acids is 3. The van der Waals surface area contributed by atoms with Gasteiger partial charge in [0.05, 0.1) is 0 Å². The van der Waals surface area contributed by atoms with Gasteiger partial charge in [-0.15, -0.1) is 0 Å². The van der Waals surface area contributed by atoms with Crippen molar-refractivity contribution in [1.29, 1.82) is 0 Å². The van der Waals surface area contributed by atoms with Crippen LogP contribution in [0.1, 0.15) is 38.5 Å². The Morgan fingerprint density at radius 1 is 1.30 bits per heavy atom. The molecular weight excluding hydrogens is 296 g/mol. The highest BCUT2D eigenvalue weighted by atomic mass is 16.2. The first-order valence-electron chi connectivity index (χ1n) is 8.62. The second-order valence-electron chi connectivity index (χ2n) is 7.02. The molecule has 0 aromatic heterocycles. The fourth-order valence-corrected chi connectivity index (χ4v) is 4.06. The predicted octanol–water partition coefficient (Wildman–Crippen LogP) is 0.309. The van der Waals surface area contributed by atoms with E-state index < -0.39 is 11.6 Å². The summed E-state index contributed by atoms with van der Waals surface area (Å²) in [6, 6.07) is -0.406. The fourth-order valence-electron chi connectivity index (χ4n) is 4.06. The molecule has 3 aliphatic rings. The molecule has 1 saturated carbocycles. The summed E-state index contributed by atoms with van der Waals surface area (Å²) in [6.07, 6.45) is 5.35. The number of rotatable bonds is 4. The van der Waals surface area contributed by atoms with Crippen molar-refractivity contribution < 1.29 is 14.4 Å². The third kappa shape index (κ3) is 3.06. The summed E-state index contributed by atoms with van der Waals surface area (Å²) in [4.78, 5) is 40.2. The van der Waals surface area contributed by atoms with E-state index in [2.05, 4.69) is 10.6 Å². The Labute approximate surface area is 136 Å². The van der Waals surface area contributed by atoms with Gasteiger partial charge in [0, 0.05) is 13.1 Å². The number of likely N-dealkylation sites (tertiary alicyclic amines) is 1. The van der Waals surface area contributed by atoms with Crippen LogP contribution in [0.5, 0.6) is 0 Å². The molecule has 7 nitrogen and oxygen atoms in total. The largest absolute Gasteiger partial charge is 0.341 e. The molecule has 0 radical (unpaired) electrons. The highest BCUT2D eigenvalue weighted by molar-refractivity contribution is 6.09. The Morgan fingerprint density at radius 3 is 2.74 bits per heavy atom. The number of amides is 4. The zero-order valence-electron chi connectivity index (χ0n) is 13.8. The smallest absolute Gasteiger partial charge is 0.325 e. The molecule has 1 aliphatic carbocycles. The summed E-state index contributed by atoms with van der Waals surface area (Å²) in [5, 5.41) is 5.98. The van der Waals surface area contributed by atoms with E-state index in [1.165, 1.54) is 0 Å². The molecular formula is C16H26N4O3.